The van der Waals surface area contributed by atoms with E-state index in [1.807, 2.05) is 0 Å². The molecule has 0 aliphatic carbocycles. The van der Waals surface area contributed by atoms with Crippen LogP contribution in [0.1, 0.15) is 29.4 Å². The highest BCUT2D eigenvalue weighted by atomic mass is 19.3. The van der Waals surface area contributed by atoms with Crippen LogP contribution in [-0.4, -0.2) is 17.6 Å². The Balaban J connectivity index is 3.23. The summed E-state index contributed by atoms with van der Waals surface area (Å²) >= 11 is 0. The second kappa shape index (κ2) is 4.73. The minimum atomic E-state index is -2.86. The van der Waals surface area contributed by atoms with Crippen molar-refractivity contribution in [3.8, 4) is 0 Å². The molecule has 1 heterocycles. The number of carbonyl (C=O) groups excluding carboxylic acids is 1. The van der Waals surface area contributed by atoms with Gasteiger partial charge in [0.25, 0.3) is 6.43 Å². The van der Waals surface area contributed by atoms with Gasteiger partial charge in [-0.05, 0) is 6.92 Å². The van der Waals surface area contributed by atoms with Crippen molar-refractivity contribution in [2.75, 3.05) is 12.3 Å². The second-order valence-electron chi connectivity index (χ2n) is 2.90. The standard InChI is InChI=1S/C9H10F2N2O3/c1-2-16-9(15)6-5(14)3-4(7(10)11)13-8(6)12/h3,7H,2H2,1H3,(H3,12,13,14). The average molecular weight is 232 g/mol. The zero-order valence-electron chi connectivity index (χ0n) is 8.42. The number of aromatic nitrogens is 1. The zero-order chi connectivity index (χ0) is 12.3. The number of nitrogen functional groups attached to an aromatic ring is 1. The van der Waals surface area contributed by atoms with Gasteiger partial charge in [0.15, 0.2) is 5.43 Å². The van der Waals surface area contributed by atoms with E-state index < -0.39 is 34.9 Å². The predicted octanol–water partition coefficient (Wildman–Crippen LogP) is 1.07. The van der Waals surface area contributed by atoms with E-state index in [-0.39, 0.29) is 6.61 Å². The molecule has 0 spiro atoms. The Bertz CT molecular complexity index is 457. The van der Waals surface area contributed by atoms with Crippen molar-refractivity contribution in [1.29, 1.82) is 0 Å². The number of ether oxygens (including phenoxy) is 1. The normalized spacial score (nSPS) is 10.5. The predicted molar refractivity (Wildman–Crippen MR) is 52.4 cm³/mol. The molecule has 0 saturated heterocycles. The number of alkyl halides is 2. The third-order valence-corrected chi connectivity index (χ3v) is 1.80. The van der Waals surface area contributed by atoms with Crippen LogP contribution in [0.3, 0.4) is 0 Å². The summed E-state index contributed by atoms with van der Waals surface area (Å²) in [5, 5.41) is 0. The minimum absolute atomic E-state index is 0.0638. The molecule has 1 rings (SSSR count). The molecule has 0 bridgehead atoms. The summed E-state index contributed by atoms with van der Waals surface area (Å²) in [5.74, 6) is -1.34. The van der Waals surface area contributed by atoms with Gasteiger partial charge in [0.05, 0.1) is 12.3 Å². The summed E-state index contributed by atoms with van der Waals surface area (Å²) < 4.78 is 29.1. The summed E-state index contributed by atoms with van der Waals surface area (Å²) in [6.45, 7) is 1.62. The van der Waals surface area contributed by atoms with Gasteiger partial charge < -0.3 is 15.5 Å². The smallest absolute Gasteiger partial charge is 0.345 e. The number of H-pyrrole nitrogens is 1. The van der Waals surface area contributed by atoms with Crippen molar-refractivity contribution in [3.63, 3.8) is 0 Å². The molecular formula is C9H10F2N2O3. The van der Waals surface area contributed by atoms with Gasteiger partial charge in [0.1, 0.15) is 11.4 Å². The minimum Gasteiger partial charge on any atom is -0.462 e. The van der Waals surface area contributed by atoms with E-state index in [1.165, 1.54) is 0 Å². The van der Waals surface area contributed by atoms with E-state index in [9.17, 15) is 18.4 Å². The molecule has 16 heavy (non-hydrogen) atoms. The molecule has 5 nitrogen and oxygen atoms in total. The molecule has 0 saturated carbocycles. The van der Waals surface area contributed by atoms with Gasteiger partial charge in [-0.25, -0.2) is 13.6 Å². The van der Waals surface area contributed by atoms with Crippen LogP contribution in [0.2, 0.25) is 0 Å². The molecule has 3 N–H and O–H groups in total. The Morgan fingerprint density at radius 3 is 2.69 bits per heavy atom. The molecule has 7 heteroatoms. The van der Waals surface area contributed by atoms with Crippen molar-refractivity contribution in [2.24, 2.45) is 0 Å². The first-order valence-corrected chi connectivity index (χ1v) is 4.45. The molecule has 88 valence electrons. The number of pyridine rings is 1. The van der Waals surface area contributed by atoms with Crippen LogP contribution in [0.4, 0.5) is 14.6 Å². The summed E-state index contributed by atoms with van der Waals surface area (Å²) in [6.07, 6.45) is -2.86. The van der Waals surface area contributed by atoms with Crippen molar-refractivity contribution in [1.82, 2.24) is 4.98 Å². The van der Waals surface area contributed by atoms with E-state index in [4.69, 9.17) is 5.73 Å². The largest absolute Gasteiger partial charge is 0.462 e. The number of nitrogens with two attached hydrogens (primary N) is 1. The Hall–Kier alpha value is -1.92. The van der Waals surface area contributed by atoms with Crippen molar-refractivity contribution in [3.05, 3.63) is 27.5 Å². The number of esters is 1. The van der Waals surface area contributed by atoms with Crippen molar-refractivity contribution < 1.29 is 18.3 Å². The first-order valence-electron chi connectivity index (χ1n) is 4.45. The topological polar surface area (TPSA) is 85.2 Å². The molecule has 1 aromatic heterocycles. The number of hydrogen-bond donors (Lipinski definition) is 2. The maximum Gasteiger partial charge on any atom is 0.345 e. The number of anilines is 1. The molecule has 0 aliphatic rings. The molecule has 0 atom stereocenters. The molecule has 0 fully saturated rings. The number of halogens is 2. The molecule has 1 aromatic rings. The molecule has 0 aromatic carbocycles. The molecule has 0 radical (unpaired) electrons. The Morgan fingerprint density at radius 2 is 2.25 bits per heavy atom. The first kappa shape index (κ1) is 12.2. The van der Waals surface area contributed by atoms with Crippen LogP contribution in [-0.2, 0) is 4.74 Å². The first-order chi connectivity index (χ1) is 7.47. The lowest BCUT2D eigenvalue weighted by Crippen LogP contribution is -2.21. The van der Waals surface area contributed by atoms with Crippen LogP contribution in [0.5, 0.6) is 0 Å². The Morgan fingerprint density at radius 1 is 1.62 bits per heavy atom. The number of hydrogen-bond acceptors (Lipinski definition) is 4. The van der Waals surface area contributed by atoms with Crippen LogP contribution in [0.15, 0.2) is 10.9 Å². The van der Waals surface area contributed by atoms with Crippen molar-refractivity contribution in [2.45, 2.75) is 13.3 Å². The van der Waals surface area contributed by atoms with Crippen molar-refractivity contribution >= 4 is 11.8 Å². The quantitative estimate of drug-likeness (QED) is 0.763. The number of aromatic amines is 1. The zero-order valence-corrected chi connectivity index (χ0v) is 8.42. The fourth-order valence-corrected chi connectivity index (χ4v) is 1.13. The van der Waals surface area contributed by atoms with E-state index in [1.54, 1.807) is 6.92 Å². The number of rotatable bonds is 3. The number of nitrogens with one attached hydrogen (secondary N) is 1. The summed E-state index contributed by atoms with van der Waals surface area (Å²) in [6, 6.07) is 0.632. The van der Waals surface area contributed by atoms with Gasteiger partial charge >= 0.3 is 5.97 Å². The van der Waals surface area contributed by atoms with Gasteiger partial charge in [-0.2, -0.15) is 0 Å². The highest BCUT2D eigenvalue weighted by Crippen LogP contribution is 2.17. The lowest BCUT2D eigenvalue weighted by atomic mass is 10.2. The Labute approximate surface area is 89.2 Å². The van der Waals surface area contributed by atoms with Gasteiger partial charge in [0, 0.05) is 6.07 Å². The van der Waals surface area contributed by atoms with E-state index in [0.717, 1.165) is 0 Å². The third kappa shape index (κ3) is 2.36. The Kier molecular flexibility index (Phi) is 3.60. The molecule has 0 amide bonds. The summed E-state index contributed by atoms with van der Waals surface area (Å²) in [4.78, 5) is 24.7. The van der Waals surface area contributed by atoms with Crippen LogP contribution in [0.25, 0.3) is 0 Å². The van der Waals surface area contributed by atoms with Gasteiger partial charge in [-0.3, -0.25) is 4.79 Å². The highest BCUT2D eigenvalue weighted by Gasteiger charge is 2.19. The molecular weight excluding hydrogens is 222 g/mol. The fourth-order valence-electron chi connectivity index (χ4n) is 1.13. The maximum atomic E-state index is 12.3. The SMILES string of the molecule is CCOC(=O)c1c(N)[nH]c(C(F)F)cc1=O. The average Bonchev–Trinajstić information content (AvgIpc) is 2.16. The maximum absolute atomic E-state index is 12.3. The molecule has 0 aliphatic heterocycles. The lowest BCUT2D eigenvalue weighted by molar-refractivity contribution is 0.0525. The summed E-state index contributed by atoms with van der Waals surface area (Å²) in [7, 11) is 0. The highest BCUT2D eigenvalue weighted by molar-refractivity contribution is 5.93. The van der Waals surface area contributed by atoms with Crippen LogP contribution < -0.4 is 11.2 Å². The van der Waals surface area contributed by atoms with E-state index in [0.29, 0.717) is 6.07 Å². The monoisotopic (exact) mass is 232 g/mol. The fraction of sp³-hybridized carbons (Fsp3) is 0.333. The van der Waals surface area contributed by atoms with Gasteiger partial charge in [-0.15, -0.1) is 0 Å². The van der Waals surface area contributed by atoms with Gasteiger partial charge in [0.2, 0.25) is 0 Å². The van der Waals surface area contributed by atoms with Crippen LogP contribution >= 0.6 is 0 Å². The van der Waals surface area contributed by atoms with E-state index in [2.05, 4.69) is 9.72 Å². The second-order valence-corrected chi connectivity index (χ2v) is 2.90. The van der Waals surface area contributed by atoms with Crippen LogP contribution in [0, 0.1) is 0 Å². The lowest BCUT2D eigenvalue weighted by Gasteiger charge is -2.06. The number of carbonyl (C=O) groups is 1. The molecule has 0 unspecified atom stereocenters. The summed E-state index contributed by atoms with van der Waals surface area (Å²) in [5.41, 5.74) is 3.34. The van der Waals surface area contributed by atoms with Gasteiger partial charge in [-0.1, -0.05) is 0 Å². The van der Waals surface area contributed by atoms with E-state index >= 15 is 0 Å². The third-order valence-electron chi connectivity index (χ3n) is 1.80.